The number of ether oxygens (including phenoxy) is 5. The second kappa shape index (κ2) is 37.9. The lowest BCUT2D eigenvalue weighted by atomic mass is 9.79. The van der Waals surface area contributed by atoms with E-state index in [0.717, 1.165) is 91.9 Å². The van der Waals surface area contributed by atoms with Crippen LogP contribution in [0.3, 0.4) is 0 Å². The maximum atomic E-state index is 14.5. The van der Waals surface area contributed by atoms with Gasteiger partial charge in [-0.3, -0.25) is 0 Å². The van der Waals surface area contributed by atoms with Crippen LogP contribution < -0.4 is 23.7 Å². The fourth-order valence-corrected chi connectivity index (χ4v) is 14.0. The summed E-state index contributed by atoms with van der Waals surface area (Å²) in [5.41, 5.74) is -5.89. The van der Waals surface area contributed by atoms with E-state index in [-0.39, 0.29) is 93.9 Å². The minimum absolute atomic E-state index is 0.0479. The van der Waals surface area contributed by atoms with Crippen molar-refractivity contribution in [3.8, 4) is 28.7 Å². The molecule has 0 atom stereocenters. The molecule has 4 aliphatic carbocycles. The average Bonchev–Trinajstić information content (AvgIpc) is 0.790. The fourth-order valence-electron chi connectivity index (χ4n) is 14.0. The lowest BCUT2D eigenvalue weighted by molar-refractivity contribution is -0.276. The molecule has 117 heavy (non-hydrogen) atoms. The summed E-state index contributed by atoms with van der Waals surface area (Å²) in [4.78, 5) is 43.2. The first-order chi connectivity index (χ1) is 54.9. The summed E-state index contributed by atoms with van der Waals surface area (Å²) in [6.45, 7) is 0. The average molecular weight is 1690 g/mol. The summed E-state index contributed by atoms with van der Waals surface area (Å²) < 4.78 is 392. The van der Waals surface area contributed by atoms with Crippen LogP contribution >= 0.6 is 0 Å². The molecule has 8 aromatic rings. The molecule has 0 amide bonds. The van der Waals surface area contributed by atoms with Crippen molar-refractivity contribution in [1.29, 1.82) is 0 Å². The van der Waals surface area contributed by atoms with Crippen LogP contribution in [0.5, 0.6) is 28.7 Å². The number of carbonyl (C=O) groups is 4. The molecular formula is C81H63F27O9. The van der Waals surface area contributed by atoms with Crippen molar-refractivity contribution in [2.75, 3.05) is 0 Å². The summed E-state index contributed by atoms with van der Waals surface area (Å²) >= 11 is 0. The van der Waals surface area contributed by atoms with E-state index in [0.29, 0.717) is 127 Å². The van der Waals surface area contributed by atoms with Crippen molar-refractivity contribution in [3.63, 3.8) is 0 Å². The number of carbonyl (C=O) groups excluding carboxylic acids is 4. The molecule has 12 rings (SSSR count). The third kappa shape index (κ3) is 23.1. The van der Waals surface area contributed by atoms with E-state index in [1.165, 1.54) is 0 Å². The Bertz CT molecular complexity index is 4700. The van der Waals surface area contributed by atoms with Gasteiger partial charge < -0.3 is 42.9 Å². The molecule has 0 aliphatic heterocycles. The number of benzene rings is 8. The zero-order valence-electron chi connectivity index (χ0n) is 60.1. The van der Waals surface area contributed by atoms with Crippen molar-refractivity contribution >= 4 is 25.1 Å². The molecule has 0 spiro atoms. The molecular weight excluding hydrogens is 1630 g/mol. The standard InChI is InChI=1S/C21H15F9O3.C20H15F7O2.C20H16F6O2.C20H17F5O2/c22-14-5-12(11-3-1-10(9-31)2-4-11)6-15(23)18(14)20(26,27)32-13-7-16(24)19(17(25)8-13)33-21(28,29)30;21-14-5-12(11-3-1-10(9-28)2-4-11)6-15(22)18(14)20(26,27)29-13-7-16(23)19(25)17(24)8-13;21-15-6-5-14(9-16(15)22)28-20(25,26)19-17(23)7-13(8-18(19)24)12-3-1-11(10-27)2-4-12;21-15-5-7-16(8-6-15)27-20(24,25)19-17(22)9-14(10-18(19)23)13-3-1-12(11-26)2-4-13/h5-11H,1-4H2;5-11H,1-4H2;5-12H,1-4H2;5-13H,1-4H2. The first kappa shape index (κ1) is 90.5. The van der Waals surface area contributed by atoms with E-state index in [1.54, 1.807) is 0 Å². The number of hydrogen-bond acceptors (Lipinski definition) is 9. The van der Waals surface area contributed by atoms with E-state index in [1.807, 2.05) is 0 Å². The quantitative estimate of drug-likeness (QED) is 0.0394. The summed E-state index contributed by atoms with van der Waals surface area (Å²) in [5.74, 6) is -32.4. The summed E-state index contributed by atoms with van der Waals surface area (Å²) in [5, 5.41) is 0. The minimum Gasteiger partial charge on any atom is -0.429 e. The Labute approximate surface area is 647 Å². The molecule has 4 aliphatic rings. The molecule has 4 saturated carbocycles. The largest absolute Gasteiger partial charge is 0.573 e. The molecule has 4 fully saturated rings. The Balaban J connectivity index is 0.000000179. The van der Waals surface area contributed by atoms with Crippen molar-refractivity contribution in [2.24, 2.45) is 23.7 Å². The Morgan fingerprint density at radius 2 is 0.470 bits per heavy atom. The Morgan fingerprint density at radius 3 is 0.718 bits per heavy atom. The molecule has 0 radical (unpaired) electrons. The maximum Gasteiger partial charge on any atom is 0.573 e. The highest BCUT2D eigenvalue weighted by molar-refractivity contribution is 5.55. The number of alkyl halides is 11. The van der Waals surface area contributed by atoms with E-state index in [2.05, 4.69) is 23.7 Å². The first-order valence-electron chi connectivity index (χ1n) is 35.6. The highest BCUT2D eigenvalue weighted by atomic mass is 19.4. The predicted octanol–water partition coefficient (Wildman–Crippen LogP) is 24.3. The van der Waals surface area contributed by atoms with Crippen LogP contribution in [0.15, 0.2) is 115 Å². The van der Waals surface area contributed by atoms with Crippen LogP contribution in [0.4, 0.5) is 119 Å². The second-order valence-corrected chi connectivity index (χ2v) is 27.9. The van der Waals surface area contributed by atoms with Crippen molar-refractivity contribution in [1.82, 2.24) is 0 Å². The number of halogens is 27. The second-order valence-electron chi connectivity index (χ2n) is 27.9. The van der Waals surface area contributed by atoms with Crippen LogP contribution in [0.1, 0.15) is 171 Å². The minimum atomic E-state index is -5.46. The zero-order valence-corrected chi connectivity index (χ0v) is 60.1. The van der Waals surface area contributed by atoms with Gasteiger partial charge in [0.05, 0.1) is 0 Å². The third-order valence-corrected chi connectivity index (χ3v) is 20.0. The van der Waals surface area contributed by atoms with Gasteiger partial charge in [-0.2, -0.15) is 35.1 Å². The smallest absolute Gasteiger partial charge is 0.429 e. The van der Waals surface area contributed by atoms with Crippen molar-refractivity contribution < 1.29 is 161 Å². The third-order valence-electron chi connectivity index (χ3n) is 20.0. The van der Waals surface area contributed by atoms with Crippen LogP contribution in [0, 0.1) is 117 Å². The fraction of sp³-hybridized carbons (Fsp3) is 0.358. The predicted molar refractivity (Wildman–Crippen MR) is 359 cm³/mol. The lowest BCUT2D eigenvalue weighted by Gasteiger charge is -2.26. The summed E-state index contributed by atoms with van der Waals surface area (Å²) in [6, 6.07) is 11.8. The van der Waals surface area contributed by atoms with Gasteiger partial charge in [0, 0.05) is 54.0 Å². The van der Waals surface area contributed by atoms with Gasteiger partial charge in [-0.15, -0.1) is 13.2 Å². The first-order valence-corrected chi connectivity index (χ1v) is 35.6. The summed E-state index contributed by atoms with van der Waals surface area (Å²) in [6.07, 6.45) is -12.0. The molecule has 36 heteroatoms. The van der Waals surface area contributed by atoms with Crippen LogP contribution in [-0.4, -0.2) is 31.5 Å². The van der Waals surface area contributed by atoms with Gasteiger partial charge in [-0.1, -0.05) is 0 Å². The Morgan fingerprint density at radius 1 is 0.239 bits per heavy atom. The number of rotatable bonds is 21. The Kier molecular flexibility index (Phi) is 29.3. The van der Waals surface area contributed by atoms with Gasteiger partial charge in [-0.05, 0) is 234 Å². The van der Waals surface area contributed by atoms with Gasteiger partial charge in [0.1, 0.15) is 123 Å². The molecule has 9 nitrogen and oxygen atoms in total. The SMILES string of the molecule is O=CC1CCC(c2cc(F)c(C(F)(F)Oc3cc(F)c(F)c(F)c3)c(F)c2)CC1.O=CC1CCC(c2cc(F)c(C(F)(F)Oc3cc(F)c(OC(F)(F)F)c(F)c3)c(F)c2)CC1.O=CC1CCC(c2cc(F)c(C(F)(F)Oc3ccc(F)c(F)c3)c(F)c2)CC1.O=CC1CCC(c2cc(F)c(C(F)(F)Oc3ccc(F)cc3)c(F)c2)CC1. The Hall–Kier alpha value is -10.5. The summed E-state index contributed by atoms with van der Waals surface area (Å²) in [7, 11) is 0. The van der Waals surface area contributed by atoms with E-state index in [4.69, 9.17) is 0 Å². The molecule has 0 bridgehead atoms. The molecule has 0 saturated heterocycles. The normalized spacial score (nSPS) is 19.9. The highest BCUT2D eigenvalue weighted by Crippen LogP contribution is 2.47. The van der Waals surface area contributed by atoms with E-state index >= 15 is 0 Å². The van der Waals surface area contributed by atoms with Crippen LogP contribution in [-0.2, 0) is 43.6 Å². The van der Waals surface area contributed by atoms with Gasteiger partial charge in [0.15, 0.2) is 40.7 Å². The molecule has 0 unspecified atom stereocenters. The van der Waals surface area contributed by atoms with Gasteiger partial charge in [0.25, 0.3) is 0 Å². The lowest BCUT2D eigenvalue weighted by Crippen LogP contribution is -2.26. The molecule has 0 heterocycles. The van der Waals surface area contributed by atoms with E-state index in [9.17, 15) is 138 Å². The van der Waals surface area contributed by atoms with Gasteiger partial charge in [-0.25, -0.2) is 70.2 Å². The van der Waals surface area contributed by atoms with Crippen molar-refractivity contribution in [3.05, 3.63) is 253 Å². The van der Waals surface area contributed by atoms with E-state index < -0.39 is 175 Å². The highest BCUT2D eigenvalue weighted by Gasteiger charge is 2.47. The van der Waals surface area contributed by atoms with Crippen molar-refractivity contribution in [2.45, 2.75) is 157 Å². The molecule has 8 aromatic carbocycles. The van der Waals surface area contributed by atoms with Gasteiger partial charge >= 0.3 is 30.8 Å². The zero-order chi connectivity index (χ0) is 86.0. The van der Waals surface area contributed by atoms with Crippen LogP contribution in [0.25, 0.3) is 0 Å². The maximum absolute atomic E-state index is 14.5. The molecule has 630 valence electrons. The number of hydrogen-bond donors (Lipinski definition) is 0. The van der Waals surface area contributed by atoms with Crippen LogP contribution in [0.2, 0.25) is 0 Å². The molecule has 0 N–H and O–H groups in total. The monoisotopic (exact) mass is 1690 g/mol. The molecule has 0 aromatic heterocycles. The number of aldehydes is 4. The topological polar surface area (TPSA) is 114 Å². The van der Waals surface area contributed by atoms with Gasteiger partial charge in [0.2, 0.25) is 5.75 Å².